The van der Waals surface area contributed by atoms with Crippen LogP contribution in [0.1, 0.15) is 12.1 Å². The molecular weight excluding hydrogens is 279 g/mol. The summed E-state index contributed by atoms with van der Waals surface area (Å²) in [4.78, 5) is 11.5. The van der Waals surface area contributed by atoms with Crippen LogP contribution in [0.2, 0.25) is 0 Å². The van der Waals surface area contributed by atoms with E-state index in [2.05, 4.69) is 32.5 Å². The van der Waals surface area contributed by atoms with Gasteiger partial charge >= 0.3 is 0 Å². The van der Waals surface area contributed by atoms with E-state index in [0.29, 0.717) is 0 Å². The monoisotopic (exact) mass is 290 g/mol. The van der Waals surface area contributed by atoms with E-state index in [9.17, 15) is 4.79 Å². The predicted molar refractivity (Wildman–Crippen MR) is 60.2 cm³/mol. The number of hydrogen-bond donors (Lipinski definition) is 1. The van der Waals surface area contributed by atoms with E-state index in [-0.39, 0.29) is 9.83 Å². The molecule has 0 spiro atoms. The van der Waals surface area contributed by atoms with Gasteiger partial charge in [0, 0.05) is 18.9 Å². The summed E-state index contributed by atoms with van der Waals surface area (Å²) in [6.07, 6.45) is 3.89. The molecule has 3 nitrogen and oxygen atoms in total. The summed E-state index contributed by atoms with van der Waals surface area (Å²) in [5.74, 6) is 0.130. The Bertz CT molecular complexity index is 345. The van der Waals surface area contributed by atoms with Crippen molar-refractivity contribution in [2.75, 3.05) is 5.32 Å². The second-order valence-electron chi connectivity index (χ2n) is 3.28. The van der Waals surface area contributed by atoms with Crippen LogP contribution in [-0.4, -0.2) is 14.4 Å². The number of rotatable bonds is 0. The van der Waals surface area contributed by atoms with Crippen molar-refractivity contribution in [3.63, 3.8) is 0 Å². The Balaban J connectivity index is 2.36. The van der Waals surface area contributed by atoms with Crippen LogP contribution < -0.4 is 5.32 Å². The molecule has 0 saturated heterocycles. The number of aryl methyl sites for hydroxylation is 1. The molecule has 0 fully saturated rings. The molecule has 1 atom stereocenters. The highest BCUT2D eigenvalue weighted by molar-refractivity contribution is 14.1. The van der Waals surface area contributed by atoms with Gasteiger partial charge < -0.3 is 9.88 Å². The fourth-order valence-corrected chi connectivity index (χ4v) is 2.06. The number of alkyl halides is 1. The first-order chi connectivity index (χ1) is 6.18. The van der Waals surface area contributed by atoms with E-state index in [4.69, 9.17) is 0 Å². The van der Waals surface area contributed by atoms with E-state index in [1.165, 1.54) is 5.69 Å². The topological polar surface area (TPSA) is 34.0 Å². The molecule has 13 heavy (non-hydrogen) atoms. The van der Waals surface area contributed by atoms with Crippen molar-refractivity contribution in [1.29, 1.82) is 0 Å². The largest absolute Gasteiger partial charge is 0.353 e. The molecule has 1 aliphatic heterocycles. The van der Waals surface area contributed by atoms with Crippen LogP contribution in [0, 0.1) is 0 Å². The number of nitrogens with zero attached hydrogens (tertiary/aromatic N) is 1. The van der Waals surface area contributed by atoms with Gasteiger partial charge in [0.05, 0.1) is 9.61 Å². The molecule has 0 aliphatic carbocycles. The molecule has 70 valence electrons. The quantitative estimate of drug-likeness (QED) is 0.573. The summed E-state index contributed by atoms with van der Waals surface area (Å²) in [5.41, 5.74) is 2.21. The number of carbonyl (C=O) groups is 1. The smallest absolute Gasteiger partial charge is 0.237 e. The summed E-state index contributed by atoms with van der Waals surface area (Å²) in [6, 6.07) is 1.96. The lowest BCUT2D eigenvalue weighted by atomic mass is 10.2. The zero-order valence-electron chi connectivity index (χ0n) is 7.38. The van der Waals surface area contributed by atoms with Gasteiger partial charge in [-0.2, -0.15) is 0 Å². The lowest BCUT2D eigenvalue weighted by molar-refractivity contribution is -0.115. The minimum absolute atomic E-state index is 0.102. The number of carbonyl (C=O) groups excluding carboxylic acids is 1. The van der Waals surface area contributed by atoms with Crippen LogP contribution >= 0.6 is 22.6 Å². The Morgan fingerprint density at radius 3 is 3.23 bits per heavy atom. The summed E-state index contributed by atoms with van der Waals surface area (Å²) < 4.78 is 2.18. The first-order valence-corrected chi connectivity index (χ1v) is 5.52. The number of anilines is 1. The average Bonchev–Trinajstić information content (AvgIpc) is 2.36. The van der Waals surface area contributed by atoms with Gasteiger partial charge in [0.2, 0.25) is 5.91 Å². The fourth-order valence-electron chi connectivity index (χ4n) is 1.59. The Hall–Kier alpha value is -0.520. The minimum Gasteiger partial charge on any atom is -0.353 e. The predicted octanol–water partition coefficient (Wildman–Crippen LogP) is 1.71. The molecule has 0 bridgehead atoms. The van der Waals surface area contributed by atoms with Crippen molar-refractivity contribution in [2.24, 2.45) is 7.05 Å². The maximum Gasteiger partial charge on any atom is 0.237 e. The number of halogens is 1. The molecule has 0 saturated carbocycles. The van der Waals surface area contributed by atoms with Crippen molar-refractivity contribution in [3.05, 3.63) is 18.0 Å². The van der Waals surface area contributed by atoms with Crippen LogP contribution in [0.3, 0.4) is 0 Å². The van der Waals surface area contributed by atoms with Gasteiger partial charge in [-0.1, -0.05) is 22.6 Å². The van der Waals surface area contributed by atoms with Crippen molar-refractivity contribution < 1.29 is 4.79 Å². The molecule has 0 radical (unpaired) electrons. The fraction of sp³-hybridized carbons (Fsp3) is 0.444. The molecule has 1 amide bonds. The molecule has 1 N–H and O–H groups in total. The number of amides is 1. The first kappa shape index (κ1) is 9.05. The summed E-state index contributed by atoms with van der Waals surface area (Å²) in [7, 11) is 2.01. The van der Waals surface area contributed by atoms with Crippen LogP contribution in [0.4, 0.5) is 5.69 Å². The third-order valence-corrected chi connectivity index (χ3v) is 3.57. The number of fused-ring (bicyclic) bond motifs is 1. The van der Waals surface area contributed by atoms with E-state index in [1.807, 2.05) is 19.3 Å². The van der Waals surface area contributed by atoms with Crippen LogP contribution in [0.5, 0.6) is 0 Å². The van der Waals surface area contributed by atoms with Gasteiger partial charge in [0.1, 0.15) is 0 Å². The number of hydrogen-bond acceptors (Lipinski definition) is 1. The van der Waals surface area contributed by atoms with Gasteiger partial charge in [-0.25, -0.2) is 0 Å². The van der Waals surface area contributed by atoms with Crippen LogP contribution in [0.15, 0.2) is 12.3 Å². The number of aromatic nitrogens is 1. The highest BCUT2D eigenvalue weighted by atomic mass is 127. The minimum atomic E-state index is 0.102. The summed E-state index contributed by atoms with van der Waals surface area (Å²) >= 11 is 2.19. The van der Waals surface area contributed by atoms with Crippen molar-refractivity contribution in [2.45, 2.75) is 16.8 Å². The van der Waals surface area contributed by atoms with E-state index in [0.717, 1.165) is 18.5 Å². The maximum absolute atomic E-state index is 11.5. The van der Waals surface area contributed by atoms with E-state index in [1.54, 1.807) is 0 Å². The summed E-state index contributed by atoms with van der Waals surface area (Å²) in [5, 5.41) is 2.93. The normalized spacial score (nSPS) is 22.0. The van der Waals surface area contributed by atoms with Crippen LogP contribution in [0.25, 0.3) is 0 Å². The zero-order valence-corrected chi connectivity index (χ0v) is 9.54. The first-order valence-electron chi connectivity index (χ1n) is 4.27. The second-order valence-corrected chi connectivity index (χ2v) is 4.79. The van der Waals surface area contributed by atoms with Crippen molar-refractivity contribution >= 4 is 34.2 Å². The highest BCUT2D eigenvalue weighted by Crippen LogP contribution is 2.25. The van der Waals surface area contributed by atoms with Crippen LogP contribution in [-0.2, 0) is 18.3 Å². The number of nitrogens with one attached hydrogen (secondary N) is 1. The van der Waals surface area contributed by atoms with E-state index >= 15 is 0 Å². The molecule has 1 aromatic rings. The third kappa shape index (κ3) is 1.59. The molecule has 1 aliphatic rings. The molecule has 2 heterocycles. The van der Waals surface area contributed by atoms with Gasteiger partial charge in [-0.05, 0) is 18.9 Å². The Morgan fingerprint density at radius 1 is 1.69 bits per heavy atom. The van der Waals surface area contributed by atoms with Gasteiger partial charge in [0.15, 0.2) is 0 Å². The second kappa shape index (κ2) is 3.32. The summed E-state index contributed by atoms with van der Waals surface area (Å²) in [6.45, 7) is 0. The maximum atomic E-state index is 11.5. The average molecular weight is 290 g/mol. The Labute approximate surface area is 90.6 Å². The lowest BCUT2D eigenvalue weighted by Crippen LogP contribution is -2.20. The van der Waals surface area contributed by atoms with Crippen molar-refractivity contribution in [1.82, 2.24) is 4.57 Å². The molecule has 1 aromatic heterocycles. The molecular formula is C9H11IN2O. The standard InChI is InChI=1S/C9H11IN2O/c1-12-5-4-7-8(12)3-2-6(10)9(13)11-7/h4-6H,2-3H2,1H3,(H,11,13). The SMILES string of the molecule is Cn1ccc2c1CCC(I)C(=O)N2. The highest BCUT2D eigenvalue weighted by Gasteiger charge is 2.22. The Morgan fingerprint density at radius 2 is 2.46 bits per heavy atom. The van der Waals surface area contributed by atoms with Crippen molar-refractivity contribution in [3.8, 4) is 0 Å². The van der Waals surface area contributed by atoms with Gasteiger partial charge in [-0.3, -0.25) is 4.79 Å². The third-order valence-electron chi connectivity index (χ3n) is 2.38. The Kier molecular flexibility index (Phi) is 2.31. The lowest BCUT2D eigenvalue weighted by Gasteiger charge is -2.02. The zero-order chi connectivity index (χ0) is 9.42. The molecule has 1 unspecified atom stereocenters. The van der Waals surface area contributed by atoms with Gasteiger partial charge in [-0.15, -0.1) is 0 Å². The van der Waals surface area contributed by atoms with Gasteiger partial charge in [0.25, 0.3) is 0 Å². The van der Waals surface area contributed by atoms with E-state index < -0.39 is 0 Å². The molecule has 2 rings (SSSR count). The molecule has 4 heteroatoms. The molecule has 0 aromatic carbocycles.